The van der Waals surface area contributed by atoms with Crippen LogP contribution in [-0.2, 0) is 0 Å². The Morgan fingerprint density at radius 2 is 0.857 bits per heavy atom. The summed E-state index contributed by atoms with van der Waals surface area (Å²) in [5.41, 5.74) is 7.42. The summed E-state index contributed by atoms with van der Waals surface area (Å²) in [5.74, 6) is 0.0857. The van der Waals surface area contributed by atoms with Crippen LogP contribution in [0.4, 0.5) is 22.7 Å². The van der Waals surface area contributed by atoms with Crippen LogP contribution in [0, 0.1) is 0 Å². The Morgan fingerprint density at radius 1 is 0.429 bits per heavy atom. The molecule has 0 spiro atoms. The summed E-state index contributed by atoms with van der Waals surface area (Å²) in [5, 5.41) is 6.81. The number of fused-ring (bicyclic) bond motifs is 3. The zero-order valence-electron chi connectivity index (χ0n) is 15.1. The van der Waals surface area contributed by atoms with Gasteiger partial charge >= 0.3 is 0 Å². The first-order valence-electron chi connectivity index (χ1n) is 9.25. The number of hydrogen-bond acceptors (Lipinski definition) is 3. The van der Waals surface area contributed by atoms with Gasteiger partial charge in [-0.25, -0.2) is 0 Å². The van der Waals surface area contributed by atoms with Crippen molar-refractivity contribution >= 4 is 28.5 Å². The van der Waals surface area contributed by atoms with E-state index >= 15 is 0 Å². The zero-order valence-corrected chi connectivity index (χ0v) is 15.1. The Kier molecular flexibility index (Phi) is 3.91. The fraction of sp³-hybridized carbons (Fsp3) is 0. The van der Waals surface area contributed by atoms with Gasteiger partial charge in [-0.1, -0.05) is 36.4 Å². The molecule has 0 saturated carbocycles. The zero-order chi connectivity index (χ0) is 18.9. The van der Waals surface area contributed by atoms with E-state index in [1.54, 1.807) is 0 Å². The summed E-state index contributed by atoms with van der Waals surface area (Å²) in [7, 11) is 0. The maximum atomic E-state index is 12.8. The van der Waals surface area contributed by atoms with Crippen molar-refractivity contribution in [2.75, 3.05) is 10.6 Å². The van der Waals surface area contributed by atoms with Gasteiger partial charge in [-0.2, -0.15) is 0 Å². The van der Waals surface area contributed by atoms with E-state index in [4.69, 9.17) is 0 Å². The average Bonchev–Trinajstić information content (AvgIpc) is 3.01. The van der Waals surface area contributed by atoms with Gasteiger partial charge in [0.2, 0.25) is 0 Å². The van der Waals surface area contributed by atoms with Crippen LogP contribution in [-0.4, -0.2) is 5.78 Å². The second-order valence-electron chi connectivity index (χ2n) is 6.83. The lowest BCUT2D eigenvalue weighted by Gasteiger charge is -2.10. The van der Waals surface area contributed by atoms with E-state index < -0.39 is 0 Å². The lowest BCUT2D eigenvalue weighted by molar-refractivity contribution is 0.104. The SMILES string of the molecule is O=C1c2ccc(Nc3ccccc3)cc2-c2cc(Nc3ccccc3)ccc21. The van der Waals surface area contributed by atoms with Crippen molar-refractivity contribution in [2.24, 2.45) is 0 Å². The van der Waals surface area contributed by atoms with E-state index in [1.807, 2.05) is 84.9 Å². The average molecular weight is 362 g/mol. The molecule has 4 aromatic rings. The van der Waals surface area contributed by atoms with Crippen LogP contribution in [0.2, 0.25) is 0 Å². The molecule has 1 aliphatic carbocycles. The minimum absolute atomic E-state index is 0.0857. The van der Waals surface area contributed by atoms with E-state index in [-0.39, 0.29) is 5.78 Å². The number of carbonyl (C=O) groups is 1. The Morgan fingerprint density at radius 3 is 1.29 bits per heavy atom. The highest BCUT2D eigenvalue weighted by Gasteiger charge is 2.27. The molecule has 4 aromatic carbocycles. The summed E-state index contributed by atoms with van der Waals surface area (Å²) in [6, 6.07) is 31.9. The van der Waals surface area contributed by atoms with E-state index in [1.165, 1.54) is 0 Å². The van der Waals surface area contributed by atoms with Gasteiger partial charge in [0.15, 0.2) is 5.78 Å². The smallest absolute Gasteiger partial charge is 0.194 e. The summed E-state index contributed by atoms with van der Waals surface area (Å²) in [6.45, 7) is 0. The van der Waals surface area contributed by atoms with Gasteiger partial charge in [0.05, 0.1) is 0 Å². The minimum Gasteiger partial charge on any atom is -0.356 e. The van der Waals surface area contributed by atoms with Crippen molar-refractivity contribution in [3.8, 4) is 11.1 Å². The fourth-order valence-corrected chi connectivity index (χ4v) is 3.61. The molecule has 1 aliphatic rings. The van der Waals surface area contributed by atoms with Crippen LogP contribution in [0.1, 0.15) is 15.9 Å². The highest BCUT2D eigenvalue weighted by atomic mass is 16.1. The predicted molar refractivity (Wildman–Crippen MR) is 115 cm³/mol. The van der Waals surface area contributed by atoms with E-state index in [0.717, 1.165) is 45.0 Å². The molecule has 134 valence electrons. The molecular formula is C25H18N2O. The highest BCUT2D eigenvalue weighted by Crippen LogP contribution is 2.40. The normalized spacial score (nSPS) is 11.6. The topological polar surface area (TPSA) is 41.1 Å². The van der Waals surface area contributed by atoms with Crippen LogP contribution in [0.15, 0.2) is 97.1 Å². The first-order valence-corrected chi connectivity index (χ1v) is 9.25. The first-order chi connectivity index (χ1) is 13.8. The van der Waals surface area contributed by atoms with Gasteiger partial charge < -0.3 is 10.6 Å². The standard InChI is InChI=1S/C25H18N2O/c28-25-21-13-11-19(26-17-7-3-1-4-8-17)15-23(21)24-16-20(12-14-22(24)25)27-18-9-5-2-6-10-18/h1-16,26-27H. The molecule has 0 unspecified atom stereocenters. The van der Waals surface area contributed by atoms with Crippen molar-refractivity contribution in [1.29, 1.82) is 0 Å². The molecular weight excluding hydrogens is 344 g/mol. The van der Waals surface area contributed by atoms with Crippen molar-refractivity contribution in [3.05, 3.63) is 108 Å². The number of anilines is 4. The lowest BCUT2D eigenvalue weighted by atomic mass is 10.0. The van der Waals surface area contributed by atoms with Crippen LogP contribution in [0.3, 0.4) is 0 Å². The molecule has 5 rings (SSSR count). The molecule has 2 N–H and O–H groups in total. The third-order valence-electron chi connectivity index (χ3n) is 4.94. The first kappa shape index (κ1) is 16.3. The molecule has 0 aliphatic heterocycles. The quantitative estimate of drug-likeness (QED) is 0.389. The minimum atomic E-state index is 0.0857. The summed E-state index contributed by atoms with van der Waals surface area (Å²) < 4.78 is 0. The van der Waals surface area contributed by atoms with Crippen molar-refractivity contribution in [1.82, 2.24) is 0 Å². The lowest BCUT2D eigenvalue weighted by Crippen LogP contribution is -1.96. The van der Waals surface area contributed by atoms with E-state index in [0.29, 0.717) is 0 Å². The van der Waals surface area contributed by atoms with Crippen molar-refractivity contribution in [3.63, 3.8) is 0 Å². The molecule has 0 fully saturated rings. The van der Waals surface area contributed by atoms with Crippen LogP contribution in [0.25, 0.3) is 11.1 Å². The molecule has 0 heterocycles. The molecule has 0 amide bonds. The maximum absolute atomic E-state index is 12.8. The van der Waals surface area contributed by atoms with Gasteiger partial charge in [-0.05, 0) is 71.8 Å². The Bertz CT molecular complexity index is 1070. The highest BCUT2D eigenvalue weighted by molar-refractivity contribution is 6.22. The second-order valence-corrected chi connectivity index (χ2v) is 6.83. The number of hydrogen-bond donors (Lipinski definition) is 2. The summed E-state index contributed by atoms with van der Waals surface area (Å²) in [4.78, 5) is 12.8. The van der Waals surface area contributed by atoms with Crippen LogP contribution >= 0.6 is 0 Å². The number of nitrogens with one attached hydrogen (secondary N) is 2. The van der Waals surface area contributed by atoms with Gasteiger partial charge in [0, 0.05) is 33.9 Å². The van der Waals surface area contributed by atoms with Crippen LogP contribution in [0.5, 0.6) is 0 Å². The van der Waals surface area contributed by atoms with Gasteiger partial charge in [0.25, 0.3) is 0 Å². The monoisotopic (exact) mass is 362 g/mol. The Labute approximate surface area is 163 Å². The Balaban J connectivity index is 1.51. The molecule has 0 aromatic heterocycles. The van der Waals surface area contributed by atoms with Crippen molar-refractivity contribution < 1.29 is 4.79 Å². The molecule has 0 radical (unpaired) electrons. The van der Waals surface area contributed by atoms with E-state index in [9.17, 15) is 4.79 Å². The molecule has 0 bridgehead atoms. The Hall–Kier alpha value is -3.85. The largest absolute Gasteiger partial charge is 0.356 e. The van der Waals surface area contributed by atoms with E-state index in [2.05, 4.69) is 22.8 Å². The second kappa shape index (κ2) is 6.71. The maximum Gasteiger partial charge on any atom is 0.194 e. The van der Waals surface area contributed by atoms with Crippen molar-refractivity contribution in [2.45, 2.75) is 0 Å². The fourth-order valence-electron chi connectivity index (χ4n) is 3.61. The number of rotatable bonds is 4. The summed E-state index contributed by atoms with van der Waals surface area (Å²) in [6.07, 6.45) is 0. The third kappa shape index (κ3) is 2.93. The third-order valence-corrected chi connectivity index (χ3v) is 4.94. The summed E-state index contributed by atoms with van der Waals surface area (Å²) >= 11 is 0. The van der Waals surface area contributed by atoms with Gasteiger partial charge in [-0.3, -0.25) is 4.79 Å². The molecule has 0 atom stereocenters. The predicted octanol–water partition coefficient (Wildman–Crippen LogP) is 6.39. The number of ketones is 1. The molecule has 3 heteroatoms. The molecule has 0 saturated heterocycles. The molecule has 28 heavy (non-hydrogen) atoms. The van der Waals surface area contributed by atoms with Crippen LogP contribution < -0.4 is 10.6 Å². The van der Waals surface area contributed by atoms with Gasteiger partial charge in [-0.15, -0.1) is 0 Å². The number of para-hydroxylation sites is 2. The molecule has 3 nitrogen and oxygen atoms in total. The number of carbonyl (C=O) groups excluding carboxylic acids is 1. The van der Waals surface area contributed by atoms with Gasteiger partial charge in [0.1, 0.15) is 0 Å². The number of benzene rings is 4.